The fourth-order valence-corrected chi connectivity index (χ4v) is 3.17. The Kier molecular flexibility index (Phi) is 5.52. The van der Waals surface area contributed by atoms with Crippen LogP contribution in [0.1, 0.15) is 35.2 Å². The Morgan fingerprint density at radius 1 is 1.37 bits per heavy atom. The van der Waals surface area contributed by atoms with Crippen LogP contribution in [0.2, 0.25) is 0 Å². The molecule has 1 saturated heterocycles. The first-order valence-electron chi connectivity index (χ1n) is 8.58. The van der Waals surface area contributed by atoms with Crippen LogP contribution in [0.5, 0.6) is 0 Å². The smallest absolute Gasteiger partial charge is 0.255 e. The van der Waals surface area contributed by atoms with Gasteiger partial charge in [-0.25, -0.2) is 0 Å². The predicted molar refractivity (Wildman–Crippen MR) is 95.4 cm³/mol. The molecule has 4 amide bonds. The van der Waals surface area contributed by atoms with Gasteiger partial charge in [-0.3, -0.25) is 24.5 Å². The summed E-state index contributed by atoms with van der Waals surface area (Å²) in [6.45, 7) is 0.641. The van der Waals surface area contributed by atoms with Crippen LogP contribution in [-0.2, 0) is 25.7 Å². The van der Waals surface area contributed by atoms with Crippen LogP contribution in [0.15, 0.2) is 18.2 Å². The number of carbonyl (C=O) groups excluding carboxylic acids is 4. The van der Waals surface area contributed by atoms with E-state index in [9.17, 15) is 19.2 Å². The third kappa shape index (κ3) is 4.15. The second kappa shape index (κ2) is 8.01. The van der Waals surface area contributed by atoms with Crippen LogP contribution in [0.3, 0.4) is 0 Å². The van der Waals surface area contributed by atoms with Gasteiger partial charge in [-0.2, -0.15) is 0 Å². The highest BCUT2D eigenvalue weighted by Gasteiger charge is 2.39. The summed E-state index contributed by atoms with van der Waals surface area (Å²) < 4.78 is 5.07. The van der Waals surface area contributed by atoms with Crippen molar-refractivity contribution in [1.29, 1.82) is 0 Å². The van der Waals surface area contributed by atoms with E-state index in [-0.39, 0.29) is 50.3 Å². The average molecular weight is 369 g/mol. The Morgan fingerprint density at radius 2 is 2.19 bits per heavy atom. The van der Waals surface area contributed by atoms with Crippen molar-refractivity contribution >= 4 is 29.3 Å². The molecule has 0 aromatic heterocycles. The summed E-state index contributed by atoms with van der Waals surface area (Å²) in [5.74, 6) is 1.08. The molecular formula is C19H19N3O5. The minimum atomic E-state index is -0.658. The number of hydrogen-bond acceptors (Lipinski definition) is 5. The van der Waals surface area contributed by atoms with Crippen molar-refractivity contribution in [1.82, 2.24) is 10.2 Å². The van der Waals surface area contributed by atoms with Crippen LogP contribution in [0.25, 0.3) is 0 Å². The van der Waals surface area contributed by atoms with Gasteiger partial charge in [0.05, 0.1) is 13.0 Å². The maximum atomic E-state index is 12.6. The molecule has 0 spiro atoms. The van der Waals surface area contributed by atoms with E-state index in [2.05, 4.69) is 16.6 Å². The van der Waals surface area contributed by atoms with Crippen molar-refractivity contribution in [3.05, 3.63) is 29.3 Å². The molecular weight excluding hydrogens is 350 g/mol. The lowest BCUT2D eigenvalue weighted by molar-refractivity contribution is -0.137. The second-order valence-corrected chi connectivity index (χ2v) is 6.33. The Balaban J connectivity index is 1.63. The lowest BCUT2D eigenvalue weighted by Crippen LogP contribution is -2.52. The summed E-state index contributed by atoms with van der Waals surface area (Å²) >= 11 is 0. The number of imide groups is 1. The molecule has 0 saturated carbocycles. The summed E-state index contributed by atoms with van der Waals surface area (Å²) in [5, 5.41) is 5.01. The molecule has 8 nitrogen and oxygen atoms in total. The van der Waals surface area contributed by atoms with Crippen molar-refractivity contribution in [2.45, 2.75) is 31.8 Å². The fraction of sp³-hybridized carbons (Fsp3) is 0.368. The van der Waals surface area contributed by atoms with E-state index in [0.29, 0.717) is 17.7 Å². The third-order valence-corrected chi connectivity index (χ3v) is 4.47. The quantitative estimate of drug-likeness (QED) is 0.430. The number of amides is 4. The third-order valence-electron chi connectivity index (χ3n) is 4.47. The average Bonchev–Trinajstić information content (AvgIpc) is 2.95. The molecule has 140 valence electrons. The molecule has 2 N–H and O–H groups in total. The monoisotopic (exact) mass is 369 g/mol. The van der Waals surface area contributed by atoms with E-state index in [1.165, 1.54) is 4.90 Å². The van der Waals surface area contributed by atoms with E-state index in [4.69, 9.17) is 11.2 Å². The van der Waals surface area contributed by atoms with Gasteiger partial charge >= 0.3 is 0 Å². The maximum absolute atomic E-state index is 12.6. The van der Waals surface area contributed by atoms with Crippen LogP contribution in [-0.4, -0.2) is 47.8 Å². The zero-order chi connectivity index (χ0) is 19.4. The number of anilines is 1. The standard InChI is InChI=1S/C19H19N3O5/c1-2-8-27-9-7-17(24)20-13-3-4-14-12(10-13)11-22(19(14)26)15-5-6-16(23)21-18(15)25/h1,3-4,10,15H,5-9,11H2,(H,20,24)(H,21,23,25). The molecule has 0 radical (unpaired) electrons. The van der Waals surface area contributed by atoms with Gasteiger partial charge in [0.15, 0.2) is 0 Å². The van der Waals surface area contributed by atoms with Gasteiger partial charge in [-0.05, 0) is 30.2 Å². The first-order chi connectivity index (χ1) is 13.0. The van der Waals surface area contributed by atoms with Crippen molar-refractivity contribution in [3.8, 4) is 12.3 Å². The molecule has 0 bridgehead atoms. The highest BCUT2D eigenvalue weighted by molar-refractivity contribution is 6.05. The molecule has 8 heteroatoms. The molecule has 1 atom stereocenters. The van der Waals surface area contributed by atoms with E-state index in [1.807, 2.05) is 0 Å². The van der Waals surface area contributed by atoms with Gasteiger partial charge < -0.3 is 15.0 Å². The number of terminal acetylenes is 1. The molecule has 1 aromatic carbocycles. The molecule has 1 aromatic rings. The predicted octanol–water partition coefficient (Wildman–Crippen LogP) is 0.426. The number of benzene rings is 1. The number of carbonyl (C=O) groups is 4. The number of hydrogen-bond donors (Lipinski definition) is 2. The summed E-state index contributed by atoms with van der Waals surface area (Å²) in [6.07, 6.45) is 5.75. The molecule has 1 unspecified atom stereocenters. The number of piperidine rings is 1. The Morgan fingerprint density at radius 3 is 2.93 bits per heavy atom. The Bertz CT molecular complexity index is 842. The van der Waals surface area contributed by atoms with Crippen molar-refractivity contribution in [3.63, 3.8) is 0 Å². The first-order valence-corrected chi connectivity index (χ1v) is 8.58. The SMILES string of the molecule is C#CCOCCC(=O)Nc1ccc2c(c1)CN(C1CCC(=O)NC1=O)C2=O. The zero-order valence-corrected chi connectivity index (χ0v) is 14.6. The minimum Gasteiger partial charge on any atom is -0.368 e. The number of ether oxygens (including phenoxy) is 1. The minimum absolute atomic E-state index is 0.157. The molecule has 2 aliphatic rings. The van der Waals surface area contributed by atoms with Crippen molar-refractivity contribution < 1.29 is 23.9 Å². The molecule has 27 heavy (non-hydrogen) atoms. The van der Waals surface area contributed by atoms with Crippen LogP contribution in [0, 0.1) is 12.3 Å². The summed E-state index contributed by atoms with van der Waals surface area (Å²) in [7, 11) is 0. The molecule has 1 fully saturated rings. The fourth-order valence-electron chi connectivity index (χ4n) is 3.17. The van der Waals surface area contributed by atoms with Crippen LogP contribution >= 0.6 is 0 Å². The Labute approximate surface area is 156 Å². The van der Waals surface area contributed by atoms with Gasteiger partial charge in [-0.1, -0.05) is 5.92 Å². The molecule has 0 aliphatic carbocycles. The maximum Gasteiger partial charge on any atom is 0.255 e. The number of rotatable bonds is 6. The van der Waals surface area contributed by atoms with Crippen molar-refractivity contribution in [2.24, 2.45) is 0 Å². The lowest BCUT2D eigenvalue weighted by atomic mass is 10.0. The van der Waals surface area contributed by atoms with Gasteiger partial charge in [0, 0.05) is 24.2 Å². The number of nitrogens with zero attached hydrogens (tertiary/aromatic N) is 1. The highest BCUT2D eigenvalue weighted by atomic mass is 16.5. The molecule has 2 heterocycles. The summed E-state index contributed by atoms with van der Waals surface area (Å²) in [6, 6.07) is 4.34. The molecule has 3 rings (SSSR count). The van der Waals surface area contributed by atoms with E-state index < -0.39 is 11.9 Å². The zero-order valence-electron chi connectivity index (χ0n) is 14.6. The van der Waals surface area contributed by atoms with Crippen LogP contribution in [0.4, 0.5) is 5.69 Å². The van der Waals surface area contributed by atoms with E-state index in [0.717, 1.165) is 5.56 Å². The normalized spacial score (nSPS) is 18.7. The van der Waals surface area contributed by atoms with Crippen molar-refractivity contribution in [2.75, 3.05) is 18.5 Å². The lowest BCUT2D eigenvalue weighted by Gasteiger charge is -2.29. The van der Waals surface area contributed by atoms with Crippen LogP contribution < -0.4 is 10.6 Å². The van der Waals surface area contributed by atoms with E-state index in [1.54, 1.807) is 18.2 Å². The number of fused-ring (bicyclic) bond motifs is 1. The van der Waals surface area contributed by atoms with E-state index >= 15 is 0 Å². The van der Waals surface area contributed by atoms with Gasteiger partial charge in [0.25, 0.3) is 5.91 Å². The second-order valence-electron chi connectivity index (χ2n) is 6.33. The van der Waals surface area contributed by atoms with Gasteiger partial charge in [-0.15, -0.1) is 6.42 Å². The summed E-state index contributed by atoms with van der Waals surface area (Å²) in [4.78, 5) is 49.3. The topological polar surface area (TPSA) is 105 Å². The summed E-state index contributed by atoms with van der Waals surface area (Å²) in [5.41, 5.74) is 1.79. The van der Waals surface area contributed by atoms with Gasteiger partial charge in [0.1, 0.15) is 12.6 Å². The highest BCUT2D eigenvalue weighted by Crippen LogP contribution is 2.29. The first kappa shape index (κ1) is 18.6. The Hall–Kier alpha value is -3.18. The largest absolute Gasteiger partial charge is 0.368 e. The molecule has 2 aliphatic heterocycles. The van der Waals surface area contributed by atoms with Gasteiger partial charge in [0.2, 0.25) is 17.7 Å². The number of nitrogens with one attached hydrogen (secondary N) is 2.